The summed E-state index contributed by atoms with van der Waals surface area (Å²) in [6.45, 7) is 2.21. The largest absolute Gasteiger partial charge is 1.00 e. The third kappa shape index (κ3) is 23.8. The summed E-state index contributed by atoms with van der Waals surface area (Å²) in [6.07, 6.45) is 12.6. The van der Waals surface area contributed by atoms with Crippen molar-refractivity contribution in [3.05, 3.63) is 0 Å². The standard InChI is InChI=1S/C19H35NO5.2K/c1-2-3-4-5-6-7-8-9-10-11-12-13-17(21)20-16(19(24)25)14-15-18(22)23;;/h16H,2-15H2,1H3,(H,20,21)(H,22,23)(H,24,25);;/q;2*+1/p-2. The number of unbranched alkanes of at least 4 members (excludes halogenated alkanes) is 10. The van der Waals surface area contributed by atoms with Gasteiger partial charge in [0.25, 0.3) is 0 Å². The zero-order valence-corrected chi connectivity index (χ0v) is 23.8. The number of aliphatic carboxylic acids is 2. The molecule has 8 heteroatoms. The molecule has 0 radical (unpaired) electrons. The van der Waals surface area contributed by atoms with Gasteiger partial charge in [-0.15, -0.1) is 0 Å². The normalized spacial score (nSPS) is 11.0. The van der Waals surface area contributed by atoms with Gasteiger partial charge in [-0.3, -0.25) is 4.79 Å². The summed E-state index contributed by atoms with van der Waals surface area (Å²) < 4.78 is 0. The van der Waals surface area contributed by atoms with Crippen LogP contribution in [0.2, 0.25) is 0 Å². The average Bonchev–Trinajstić information content (AvgIpc) is 2.56. The van der Waals surface area contributed by atoms with E-state index in [1.54, 1.807) is 0 Å². The number of nitrogens with one attached hydrogen (secondary N) is 1. The summed E-state index contributed by atoms with van der Waals surface area (Å²) >= 11 is 0. The molecular formula is C19H33K2NO5. The molecule has 0 bridgehead atoms. The van der Waals surface area contributed by atoms with E-state index in [1.165, 1.54) is 51.4 Å². The van der Waals surface area contributed by atoms with E-state index in [1.807, 2.05) is 0 Å². The van der Waals surface area contributed by atoms with Gasteiger partial charge in [0.05, 0.1) is 12.0 Å². The Morgan fingerprint density at radius 2 is 1.19 bits per heavy atom. The Balaban J connectivity index is -0.00000288. The maximum atomic E-state index is 11.7. The Morgan fingerprint density at radius 1 is 0.741 bits per heavy atom. The zero-order chi connectivity index (χ0) is 18.9. The van der Waals surface area contributed by atoms with Crippen molar-refractivity contribution in [2.24, 2.45) is 0 Å². The Kier molecular flexibility index (Phi) is 29.6. The minimum absolute atomic E-state index is 0. The fourth-order valence-corrected chi connectivity index (χ4v) is 2.73. The number of carbonyl (C=O) groups is 3. The fraction of sp³-hybridized carbons (Fsp3) is 0.842. The van der Waals surface area contributed by atoms with Crippen LogP contribution in [-0.4, -0.2) is 23.9 Å². The monoisotopic (exact) mass is 433 g/mol. The molecule has 0 spiro atoms. The molecule has 0 aliphatic carbocycles. The van der Waals surface area contributed by atoms with Gasteiger partial charge in [0.2, 0.25) is 5.91 Å². The minimum Gasteiger partial charge on any atom is -0.550 e. The van der Waals surface area contributed by atoms with E-state index >= 15 is 0 Å². The van der Waals surface area contributed by atoms with Gasteiger partial charge in [-0.1, -0.05) is 71.1 Å². The van der Waals surface area contributed by atoms with Crippen molar-refractivity contribution in [2.45, 2.75) is 103 Å². The van der Waals surface area contributed by atoms with Gasteiger partial charge < -0.3 is 25.1 Å². The van der Waals surface area contributed by atoms with Gasteiger partial charge in [-0.05, 0) is 19.3 Å². The van der Waals surface area contributed by atoms with Gasteiger partial charge in [-0.2, -0.15) is 0 Å². The van der Waals surface area contributed by atoms with Gasteiger partial charge >= 0.3 is 103 Å². The van der Waals surface area contributed by atoms with Gasteiger partial charge in [-0.25, -0.2) is 0 Å². The van der Waals surface area contributed by atoms with Gasteiger partial charge in [0, 0.05) is 12.4 Å². The number of hydrogen-bond acceptors (Lipinski definition) is 5. The Bertz CT molecular complexity index is 394. The fourth-order valence-electron chi connectivity index (χ4n) is 2.73. The Hall–Kier alpha value is 1.68. The molecule has 0 heterocycles. The maximum absolute atomic E-state index is 11.7. The van der Waals surface area contributed by atoms with E-state index in [-0.39, 0.29) is 122 Å². The van der Waals surface area contributed by atoms with Crippen molar-refractivity contribution in [1.82, 2.24) is 5.32 Å². The first-order chi connectivity index (χ1) is 12.0. The zero-order valence-electron chi connectivity index (χ0n) is 17.5. The molecule has 0 rings (SSSR count). The van der Waals surface area contributed by atoms with Crippen molar-refractivity contribution in [3.8, 4) is 0 Å². The molecule has 1 amide bonds. The van der Waals surface area contributed by atoms with Crippen LogP contribution >= 0.6 is 0 Å². The maximum Gasteiger partial charge on any atom is 1.00 e. The molecule has 1 unspecified atom stereocenters. The summed E-state index contributed by atoms with van der Waals surface area (Å²) in [5.74, 6) is -3.18. The molecule has 1 atom stereocenters. The number of carbonyl (C=O) groups excluding carboxylic acids is 3. The van der Waals surface area contributed by atoms with Crippen LogP contribution < -0.4 is 118 Å². The van der Waals surface area contributed by atoms with E-state index in [4.69, 9.17) is 0 Å². The second-order valence-corrected chi connectivity index (χ2v) is 6.64. The van der Waals surface area contributed by atoms with Crippen molar-refractivity contribution >= 4 is 17.8 Å². The summed E-state index contributed by atoms with van der Waals surface area (Å²) in [7, 11) is 0. The summed E-state index contributed by atoms with van der Waals surface area (Å²) in [5.41, 5.74) is 0. The first-order valence-electron chi connectivity index (χ1n) is 9.67. The van der Waals surface area contributed by atoms with Crippen LogP contribution in [0.25, 0.3) is 0 Å². The molecule has 0 aliphatic heterocycles. The predicted molar refractivity (Wildman–Crippen MR) is 92.3 cm³/mol. The van der Waals surface area contributed by atoms with Crippen LogP contribution in [0.4, 0.5) is 0 Å². The van der Waals surface area contributed by atoms with Crippen LogP contribution in [0.15, 0.2) is 0 Å². The smallest absolute Gasteiger partial charge is 0.550 e. The van der Waals surface area contributed by atoms with Crippen LogP contribution in [0.3, 0.4) is 0 Å². The first-order valence-corrected chi connectivity index (χ1v) is 9.67. The second kappa shape index (κ2) is 24.0. The van der Waals surface area contributed by atoms with Crippen molar-refractivity contribution in [2.75, 3.05) is 0 Å². The molecule has 0 aromatic rings. The number of carboxylic acids is 2. The van der Waals surface area contributed by atoms with E-state index < -0.39 is 24.4 Å². The molecule has 0 saturated carbocycles. The molecule has 0 aromatic heterocycles. The van der Waals surface area contributed by atoms with Crippen LogP contribution in [-0.2, 0) is 14.4 Å². The molecule has 0 aromatic carbocycles. The molecular weight excluding hydrogens is 400 g/mol. The van der Waals surface area contributed by atoms with E-state index in [9.17, 15) is 24.6 Å². The van der Waals surface area contributed by atoms with Crippen molar-refractivity contribution < 1.29 is 127 Å². The number of carboxylic acid groups (broad SMARTS) is 2. The Morgan fingerprint density at radius 3 is 1.59 bits per heavy atom. The second-order valence-electron chi connectivity index (χ2n) is 6.64. The van der Waals surface area contributed by atoms with Gasteiger partial charge in [0.15, 0.2) is 0 Å². The summed E-state index contributed by atoms with van der Waals surface area (Å²) in [6, 6.07) is -1.27. The molecule has 0 fully saturated rings. The van der Waals surface area contributed by atoms with Crippen LogP contribution in [0, 0.1) is 0 Å². The number of rotatable bonds is 17. The topological polar surface area (TPSA) is 109 Å². The molecule has 1 N–H and O–H groups in total. The van der Waals surface area contributed by atoms with E-state index in [0.717, 1.165) is 12.8 Å². The minimum atomic E-state index is -1.46. The van der Waals surface area contributed by atoms with Crippen LogP contribution in [0.5, 0.6) is 0 Å². The molecule has 27 heavy (non-hydrogen) atoms. The van der Waals surface area contributed by atoms with Crippen molar-refractivity contribution in [1.29, 1.82) is 0 Å². The van der Waals surface area contributed by atoms with E-state index in [2.05, 4.69) is 12.2 Å². The SMILES string of the molecule is CCCCCCCCCCCCCC(=O)NC(CCC(=O)[O-])C(=O)[O-].[K+].[K+]. The first kappa shape index (κ1) is 33.3. The summed E-state index contributed by atoms with van der Waals surface area (Å²) in [4.78, 5) is 32.9. The predicted octanol–water partition coefficient (Wildman–Crippen LogP) is -4.54. The summed E-state index contributed by atoms with van der Waals surface area (Å²) in [5, 5.41) is 23.5. The van der Waals surface area contributed by atoms with E-state index in [0.29, 0.717) is 6.42 Å². The van der Waals surface area contributed by atoms with Crippen molar-refractivity contribution in [3.63, 3.8) is 0 Å². The molecule has 0 aliphatic rings. The average molecular weight is 434 g/mol. The van der Waals surface area contributed by atoms with Gasteiger partial charge in [0.1, 0.15) is 0 Å². The number of amides is 1. The molecule has 146 valence electrons. The molecule has 6 nitrogen and oxygen atoms in total. The third-order valence-corrected chi connectivity index (χ3v) is 4.26. The van der Waals surface area contributed by atoms with Crippen LogP contribution in [0.1, 0.15) is 96.8 Å². The Labute approximate surface area is 249 Å². The molecule has 0 saturated heterocycles. The number of hydrogen-bond donors (Lipinski definition) is 1. The third-order valence-electron chi connectivity index (χ3n) is 4.26. The quantitative estimate of drug-likeness (QED) is 0.184.